The van der Waals surface area contributed by atoms with Crippen molar-refractivity contribution in [2.75, 3.05) is 20.1 Å². The zero-order valence-electron chi connectivity index (χ0n) is 24.0. The van der Waals surface area contributed by atoms with Crippen LogP contribution in [0.3, 0.4) is 0 Å². The van der Waals surface area contributed by atoms with Gasteiger partial charge in [-0.25, -0.2) is 0 Å². The Morgan fingerprint density at radius 1 is 0.976 bits per heavy atom. The van der Waals surface area contributed by atoms with Gasteiger partial charge in [0.25, 0.3) is 0 Å². The number of amides is 5. The summed E-state index contributed by atoms with van der Waals surface area (Å²) in [5.74, 6) is -5.58. The molecular formula is C27H40N8O7. The number of aliphatic imine (C=N–C) groups is 1. The highest BCUT2D eigenvalue weighted by Gasteiger charge is 2.37. The Hall–Kier alpha value is -4.69. The molecular weight excluding hydrogens is 548 g/mol. The summed E-state index contributed by atoms with van der Waals surface area (Å²) < 4.78 is 0. The minimum Gasteiger partial charge on any atom is -0.481 e. The maximum Gasteiger partial charge on any atom is 0.305 e. The van der Waals surface area contributed by atoms with Crippen molar-refractivity contribution < 1.29 is 33.9 Å². The van der Waals surface area contributed by atoms with Crippen LogP contribution in [0.15, 0.2) is 35.3 Å². The van der Waals surface area contributed by atoms with Crippen molar-refractivity contribution in [1.29, 1.82) is 0 Å². The number of guanidine groups is 1. The first-order valence-electron chi connectivity index (χ1n) is 13.6. The third-order valence-electron chi connectivity index (χ3n) is 6.59. The van der Waals surface area contributed by atoms with Crippen molar-refractivity contribution in [2.45, 2.75) is 63.7 Å². The smallest absolute Gasteiger partial charge is 0.305 e. The Balaban J connectivity index is 2.50. The van der Waals surface area contributed by atoms with Gasteiger partial charge in [-0.1, -0.05) is 44.2 Å². The van der Waals surface area contributed by atoms with Crippen LogP contribution >= 0.6 is 0 Å². The van der Waals surface area contributed by atoms with Crippen LogP contribution in [0.25, 0.3) is 0 Å². The van der Waals surface area contributed by atoms with Crippen molar-refractivity contribution in [3.63, 3.8) is 0 Å². The SMILES string of the molecule is CC(C)[C@H]1C(=O)N[C@@H](CCCN=C(N)N)C(=O)NCC(=O)NC(CC(=O)O)C(=O)N[C@@H](Cc2ccccc2)C(=O)N1C. The summed E-state index contributed by atoms with van der Waals surface area (Å²) in [6, 6.07) is 3.92. The number of nitrogens with two attached hydrogens (primary N) is 2. The molecule has 42 heavy (non-hydrogen) atoms. The second kappa shape index (κ2) is 15.9. The molecule has 0 radical (unpaired) electrons. The Labute approximate surface area is 243 Å². The van der Waals surface area contributed by atoms with Crippen LogP contribution < -0.4 is 32.7 Å². The Bertz CT molecular complexity index is 1170. The van der Waals surface area contributed by atoms with E-state index in [9.17, 15) is 33.9 Å². The molecule has 9 N–H and O–H groups in total. The zero-order valence-corrected chi connectivity index (χ0v) is 24.0. The van der Waals surface area contributed by atoms with Crippen LogP contribution in [0.1, 0.15) is 38.7 Å². The van der Waals surface area contributed by atoms with E-state index < -0.39 is 78.6 Å². The monoisotopic (exact) mass is 588 g/mol. The fraction of sp³-hybridized carbons (Fsp3) is 0.519. The number of carbonyl (C=O) groups excluding carboxylic acids is 5. The molecule has 15 heteroatoms. The molecule has 0 spiro atoms. The number of benzene rings is 1. The number of hydrogen-bond acceptors (Lipinski definition) is 7. The van der Waals surface area contributed by atoms with Gasteiger partial charge in [-0.05, 0) is 24.3 Å². The molecule has 230 valence electrons. The van der Waals surface area contributed by atoms with Gasteiger partial charge >= 0.3 is 5.97 Å². The summed E-state index contributed by atoms with van der Waals surface area (Å²) in [5, 5.41) is 19.3. The Morgan fingerprint density at radius 2 is 1.62 bits per heavy atom. The Kier molecular flexibility index (Phi) is 12.7. The van der Waals surface area contributed by atoms with E-state index in [0.29, 0.717) is 12.0 Å². The number of nitrogens with zero attached hydrogens (tertiary/aromatic N) is 2. The standard InChI is InChI=1S/C27H40N8O7/c1-15(2)22-25(41)33-17(10-7-11-30-27(28)29)23(39)31-14-20(36)32-18(13-21(37)38)24(40)34-19(26(42)35(22)3)12-16-8-5-4-6-9-16/h4-6,8-9,15,17-19,22H,7,10-14H2,1-3H3,(H,31,39)(H,32,36)(H,33,41)(H,34,40)(H,37,38)(H4,28,29,30)/t17-,18?,19-,22-/m0/s1. The fourth-order valence-corrected chi connectivity index (χ4v) is 4.58. The molecule has 2 rings (SSSR count). The van der Waals surface area contributed by atoms with Gasteiger partial charge in [-0.3, -0.25) is 33.8 Å². The van der Waals surface area contributed by atoms with Crippen LogP contribution in [0.4, 0.5) is 0 Å². The Morgan fingerprint density at radius 3 is 2.21 bits per heavy atom. The highest BCUT2D eigenvalue weighted by atomic mass is 16.4. The van der Waals surface area contributed by atoms with E-state index in [1.54, 1.807) is 44.2 Å². The molecule has 1 aliphatic heterocycles. The predicted octanol–water partition coefficient (Wildman–Crippen LogP) is -2.18. The molecule has 4 atom stereocenters. The third kappa shape index (κ3) is 10.4. The molecule has 15 nitrogen and oxygen atoms in total. The number of nitrogens with one attached hydrogen (secondary N) is 4. The van der Waals surface area contributed by atoms with Crippen LogP contribution in [0, 0.1) is 5.92 Å². The van der Waals surface area contributed by atoms with Gasteiger partial charge in [0.15, 0.2) is 5.96 Å². The number of rotatable bonds is 9. The number of carbonyl (C=O) groups is 6. The normalized spacial score (nSPS) is 22.7. The van der Waals surface area contributed by atoms with E-state index in [4.69, 9.17) is 11.5 Å². The van der Waals surface area contributed by atoms with Gasteiger partial charge in [-0.15, -0.1) is 0 Å². The van der Waals surface area contributed by atoms with Crippen molar-refractivity contribution in [3.8, 4) is 0 Å². The molecule has 1 saturated heterocycles. The van der Waals surface area contributed by atoms with E-state index in [-0.39, 0.29) is 25.3 Å². The van der Waals surface area contributed by atoms with Gasteiger partial charge in [-0.2, -0.15) is 0 Å². The van der Waals surface area contributed by atoms with E-state index in [2.05, 4.69) is 26.3 Å². The first-order valence-corrected chi connectivity index (χ1v) is 13.6. The van der Waals surface area contributed by atoms with Gasteiger partial charge in [0.1, 0.15) is 24.2 Å². The second-order valence-electron chi connectivity index (χ2n) is 10.3. The summed E-state index contributed by atoms with van der Waals surface area (Å²) in [6.07, 6.45) is -0.322. The summed E-state index contributed by atoms with van der Waals surface area (Å²) in [7, 11) is 1.42. The van der Waals surface area contributed by atoms with Crippen LogP contribution in [0.2, 0.25) is 0 Å². The highest BCUT2D eigenvalue weighted by Crippen LogP contribution is 2.15. The molecule has 1 aromatic carbocycles. The number of aliphatic carboxylic acids is 1. The molecule has 0 aliphatic carbocycles. The number of hydrogen-bond donors (Lipinski definition) is 7. The maximum atomic E-state index is 13.8. The van der Waals surface area contributed by atoms with E-state index in [0.717, 1.165) is 0 Å². The molecule has 1 unspecified atom stereocenters. The van der Waals surface area contributed by atoms with E-state index >= 15 is 0 Å². The van der Waals surface area contributed by atoms with Crippen molar-refractivity contribution in [2.24, 2.45) is 22.4 Å². The molecule has 1 heterocycles. The molecule has 0 aromatic heterocycles. The molecule has 5 amide bonds. The summed E-state index contributed by atoms with van der Waals surface area (Å²) in [5.41, 5.74) is 11.4. The van der Waals surface area contributed by atoms with Gasteiger partial charge in [0.2, 0.25) is 29.5 Å². The highest BCUT2D eigenvalue weighted by molar-refractivity contribution is 5.98. The largest absolute Gasteiger partial charge is 0.481 e. The molecule has 1 aromatic rings. The lowest BCUT2D eigenvalue weighted by Crippen LogP contribution is -2.59. The summed E-state index contributed by atoms with van der Waals surface area (Å²) in [4.78, 5) is 82.8. The number of carboxylic acid groups (broad SMARTS) is 1. The zero-order chi connectivity index (χ0) is 31.4. The van der Waals surface area contributed by atoms with Gasteiger partial charge < -0.3 is 42.7 Å². The molecule has 0 bridgehead atoms. The summed E-state index contributed by atoms with van der Waals surface area (Å²) >= 11 is 0. The topological polar surface area (TPSA) is 238 Å². The third-order valence-corrected chi connectivity index (χ3v) is 6.59. The lowest BCUT2D eigenvalue weighted by Gasteiger charge is -2.34. The average molecular weight is 589 g/mol. The lowest BCUT2D eigenvalue weighted by molar-refractivity contribution is -0.144. The molecule has 0 saturated carbocycles. The lowest BCUT2D eigenvalue weighted by atomic mass is 9.98. The van der Waals surface area contributed by atoms with Crippen LogP contribution in [-0.4, -0.2) is 95.8 Å². The first-order chi connectivity index (χ1) is 19.8. The average Bonchev–Trinajstić information content (AvgIpc) is 2.91. The van der Waals surface area contributed by atoms with E-state index in [1.165, 1.54) is 11.9 Å². The van der Waals surface area contributed by atoms with Crippen molar-refractivity contribution >= 4 is 41.5 Å². The number of likely N-dealkylation sites (N-methyl/N-ethyl adjacent to an activating group) is 1. The van der Waals surface area contributed by atoms with Gasteiger partial charge in [0, 0.05) is 20.0 Å². The van der Waals surface area contributed by atoms with Gasteiger partial charge in [0.05, 0.1) is 13.0 Å². The fourth-order valence-electron chi connectivity index (χ4n) is 4.58. The quantitative estimate of drug-likeness (QED) is 0.0942. The van der Waals surface area contributed by atoms with Crippen molar-refractivity contribution in [1.82, 2.24) is 26.2 Å². The molecule has 1 fully saturated rings. The minimum atomic E-state index is -1.54. The van der Waals surface area contributed by atoms with Crippen LogP contribution in [-0.2, 0) is 35.2 Å². The van der Waals surface area contributed by atoms with Crippen molar-refractivity contribution in [3.05, 3.63) is 35.9 Å². The first kappa shape index (κ1) is 33.5. The maximum absolute atomic E-state index is 13.8. The minimum absolute atomic E-state index is 0.0311. The molecule has 1 aliphatic rings. The predicted molar refractivity (Wildman–Crippen MR) is 153 cm³/mol. The summed E-state index contributed by atoms with van der Waals surface area (Å²) in [6.45, 7) is 3.04. The second-order valence-corrected chi connectivity index (χ2v) is 10.3. The number of carboxylic acids is 1. The van der Waals surface area contributed by atoms with E-state index in [1.807, 2.05) is 0 Å². The van der Waals surface area contributed by atoms with Crippen LogP contribution in [0.5, 0.6) is 0 Å².